The highest BCUT2D eigenvalue weighted by Gasteiger charge is 2.07. The summed E-state index contributed by atoms with van der Waals surface area (Å²) in [6, 6.07) is 22.9. The number of benzene rings is 3. The molecule has 3 rings (SSSR count). The van der Waals surface area contributed by atoms with Gasteiger partial charge in [-0.2, -0.15) is 0 Å². The molecule has 2 N–H and O–H groups in total. The largest absolute Gasteiger partial charge is 0.482 e. The normalized spacial score (nSPS) is 10.3. The Kier molecular flexibility index (Phi) is 6.34. The molecular formula is C22H21ClN2O2. The van der Waals surface area contributed by atoms with Crippen LogP contribution in [0.2, 0.25) is 5.02 Å². The topological polar surface area (TPSA) is 50.4 Å². The second kappa shape index (κ2) is 9.10. The number of amides is 1. The average molecular weight is 381 g/mol. The minimum absolute atomic E-state index is 0.102. The van der Waals surface area contributed by atoms with Gasteiger partial charge < -0.3 is 15.4 Å². The first-order valence-electron chi connectivity index (χ1n) is 8.67. The molecule has 27 heavy (non-hydrogen) atoms. The van der Waals surface area contributed by atoms with Gasteiger partial charge in [-0.25, -0.2) is 0 Å². The predicted molar refractivity (Wildman–Crippen MR) is 111 cm³/mol. The molecule has 0 bridgehead atoms. The highest BCUT2D eigenvalue weighted by atomic mass is 35.5. The standard InChI is InChI=1S/C22H21ClN2O2/c1-16-7-5-6-10-20(16)24-14-17-11-12-21(19(23)13-17)27-15-22(26)25-18-8-3-2-4-9-18/h2-13,24H,14-15H2,1H3,(H,25,26). The van der Waals surface area contributed by atoms with E-state index < -0.39 is 0 Å². The molecule has 0 saturated carbocycles. The van der Waals surface area contributed by atoms with Crippen LogP contribution in [0.5, 0.6) is 5.75 Å². The molecule has 1 amide bonds. The van der Waals surface area contributed by atoms with Crippen molar-refractivity contribution < 1.29 is 9.53 Å². The zero-order valence-electron chi connectivity index (χ0n) is 15.0. The van der Waals surface area contributed by atoms with Crippen LogP contribution in [-0.2, 0) is 11.3 Å². The summed E-state index contributed by atoms with van der Waals surface area (Å²) in [6.45, 7) is 2.61. The Labute approximate surface area is 164 Å². The molecule has 0 atom stereocenters. The van der Waals surface area contributed by atoms with E-state index in [0.717, 1.165) is 16.9 Å². The third-order valence-corrected chi connectivity index (χ3v) is 4.34. The molecule has 0 unspecified atom stereocenters. The van der Waals surface area contributed by atoms with Crippen molar-refractivity contribution >= 4 is 28.9 Å². The fraction of sp³-hybridized carbons (Fsp3) is 0.136. The van der Waals surface area contributed by atoms with Crippen LogP contribution in [-0.4, -0.2) is 12.5 Å². The SMILES string of the molecule is Cc1ccccc1NCc1ccc(OCC(=O)Nc2ccccc2)c(Cl)c1. The quantitative estimate of drug-likeness (QED) is 0.586. The fourth-order valence-corrected chi connectivity index (χ4v) is 2.86. The second-order valence-corrected chi connectivity index (χ2v) is 6.54. The molecule has 0 aliphatic carbocycles. The van der Waals surface area contributed by atoms with E-state index in [0.29, 0.717) is 17.3 Å². The van der Waals surface area contributed by atoms with E-state index in [1.165, 1.54) is 5.56 Å². The van der Waals surface area contributed by atoms with Gasteiger partial charge in [0.2, 0.25) is 0 Å². The number of ether oxygens (including phenoxy) is 1. The predicted octanol–water partition coefficient (Wildman–Crippen LogP) is 5.28. The van der Waals surface area contributed by atoms with Crippen molar-refractivity contribution in [2.75, 3.05) is 17.2 Å². The number of aryl methyl sites for hydroxylation is 1. The number of halogens is 1. The van der Waals surface area contributed by atoms with Crippen LogP contribution in [0.15, 0.2) is 72.8 Å². The van der Waals surface area contributed by atoms with Gasteiger partial charge in [0.15, 0.2) is 6.61 Å². The molecule has 3 aromatic carbocycles. The summed E-state index contributed by atoms with van der Waals surface area (Å²) in [5.74, 6) is 0.252. The smallest absolute Gasteiger partial charge is 0.262 e. The number of hydrogen-bond donors (Lipinski definition) is 2. The fourth-order valence-electron chi connectivity index (χ4n) is 2.60. The molecular weight excluding hydrogens is 360 g/mol. The van der Waals surface area contributed by atoms with Crippen LogP contribution < -0.4 is 15.4 Å². The first-order valence-corrected chi connectivity index (χ1v) is 9.05. The monoisotopic (exact) mass is 380 g/mol. The van der Waals surface area contributed by atoms with E-state index in [2.05, 4.69) is 23.6 Å². The van der Waals surface area contributed by atoms with E-state index in [4.69, 9.17) is 16.3 Å². The van der Waals surface area contributed by atoms with Crippen molar-refractivity contribution in [3.05, 3.63) is 88.9 Å². The lowest BCUT2D eigenvalue weighted by Gasteiger charge is -2.12. The molecule has 0 saturated heterocycles. The number of anilines is 2. The number of nitrogens with one attached hydrogen (secondary N) is 2. The van der Waals surface area contributed by atoms with Crippen molar-refractivity contribution in [3.8, 4) is 5.75 Å². The Hall–Kier alpha value is -2.98. The van der Waals surface area contributed by atoms with Crippen molar-refractivity contribution in [2.45, 2.75) is 13.5 Å². The summed E-state index contributed by atoms with van der Waals surface area (Å²) in [5.41, 5.74) is 4.04. The van der Waals surface area contributed by atoms with E-state index in [-0.39, 0.29) is 12.5 Å². The molecule has 5 heteroatoms. The first kappa shape index (κ1) is 18.8. The molecule has 0 aliphatic rings. The molecule has 0 radical (unpaired) electrons. The summed E-state index contributed by atoms with van der Waals surface area (Å²) >= 11 is 6.30. The number of para-hydroxylation sites is 2. The Morgan fingerprint density at radius 2 is 1.74 bits per heavy atom. The number of carbonyl (C=O) groups is 1. The van der Waals surface area contributed by atoms with E-state index in [9.17, 15) is 4.79 Å². The molecule has 4 nitrogen and oxygen atoms in total. The van der Waals surface area contributed by atoms with Gasteiger partial charge >= 0.3 is 0 Å². The Morgan fingerprint density at radius 3 is 2.48 bits per heavy atom. The van der Waals surface area contributed by atoms with Crippen LogP contribution in [0.1, 0.15) is 11.1 Å². The highest BCUT2D eigenvalue weighted by Crippen LogP contribution is 2.26. The van der Waals surface area contributed by atoms with Crippen LogP contribution >= 0.6 is 11.6 Å². The lowest BCUT2D eigenvalue weighted by molar-refractivity contribution is -0.118. The number of hydrogen-bond acceptors (Lipinski definition) is 3. The summed E-state index contributed by atoms with van der Waals surface area (Å²) in [7, 11) is 0. The Balaban J connectivity index is 1.53. The van der Waals surface area contributed by atoms with E-state index in [1.54, 1.807) is 6.07 Å². The maximum atomic E-state index is 12.0. The summed E-state index contributed by atoms with van der Waals surface area (Å²) in [4.78, 5) is 12.0. The van der Waals surface area contributed by atoms with Crippen molar-refractivity contribution in [1.82, 2.24) is 0 Å². The molecule has 3 aromatic rings. The van der Waals surface area contributed by atoms with Crippen molar-refractivity contribution in [1.29, 1.82) is 0 Å². The lowest BCUT2D eigenvalue weighted by atomic mass is 10.1. The van der Waals surface area contributed by atoms with E-state index in [1.807, 2.05) is 60.7 Å². The molecule has 0 heterocycles. The molecule has 138 valence electrons. The molecule has 0 aliphatic heterocycles. The first-order chi connectivity index (χ1) is 13.1. The maximum absolute atomic E-state index is 12.0. The number of rotatable bonds is 7. The lowest BCUT2D eigenvalue weighted by Crippen LogP contribution is -2.20. The van der Waals surface area contributed by atoms with Gasteiger partial charge in [-0.15, -0.1) is 0 Å². The summed E-state index contributed by atoms with van der Waals surface area (Å²) < 4.78 is 5.54. The van der Waals surface area contributed by atoms with Crippen LogP contribution in [0.3, 0.4) is 0 Å². The third-order valence-electron chi connectivity index (χ3n) is 4.04. The second-order valence-electron chi connectivity index (χ2n) is 6.14. The van der Waals surface area contributed by atoms with Gasteiger partial charge in [0, 0.05) is 17.9 Å². The van der Waals surface area contributed by atoms with Crippen LogP contribution in [0, 0.1) is 6.92 Å². The molecule has 0 fully saturated rings. The zero-order valence-corrected chi connectivity index (χ0v) is 15.8. The van der Waals surface area contributed by atoms with Crippen LogP contribution in [0.4, 0.5) is 11.4 Å². The third kappa shape index (κ3) is 5.50. The van der Waals surface area contributed by atoms with Crippen molar-refractivity contribution in [3.63, 3.8) is 0 Å². The Morgan fingerprint density at radius 1 is 1.00 bits per heavy atom. The van der Waals surface area contributed by atoms with Gasteiger partial charge in [-0.3, -0.25) is 4.79 Å². The minimum atomic E-state index is -0.234. The molecule has 0 spiro atoms. The van der Waals surface area contributed by atoms with Gasteiger partial charge in [-0.1, -0.05) is 54.1 Å². The average Bonchev–Trinajstić information content (AvgIpc) is 2.67. The van der Waals surface area contributed by atoms with Crippen molar-refractivity contribution in [2.24, 2.45) is 0 Å². The molecule has 0 aromatic heterocycles. The van der Waals surface area contributed by atoms with Gasteiger partial charge in [0.25, 0.3) is 5.91 Å². The Bertz CT molecular complexity index is 913. The van der Waals surface area contributed by atoms with Gasteiger partial charge in [-0.05, 0) is 48.4 Å². The van der Waals surface area contributed by atoms with Crippen LogP contribution in [0.25, 0.3) is 0 Å². The maximum Gasteiger partial charge on any atom is 0.262 e. The minimum Gasteiger partial charge on any atom is -0.482 e. The van der Waals surface area contributed by atoms with E-state index >= 15 is 0 Å². The zero-order chi connectivity index (χ0) is 19.1. The summed E-state index contributed by atoms with van der Waals surface area (Å²) in [6.07, 6.45) is 0. The van der Waals surface area contributed by atoms with Gasteiger partial charge in [0.05, 0.1) is 5.02 Å². The summed E-state index contributed by atoms with van der Waals surface area (Å²) in [5, 5.41) is 6.64. The highest BCUT2D eigenvalue weighted by molar-refractivity contribution is 6.32. The van der Waals surface area contributed by atoms with Gasteiger partial charge in [0.1, 0.15) is 5.75 Å². The number of carbonyl (C=O) groups excluding carboxylic acids is 1.